The van der Waals surface area contributed by atoms with E-state index in [2.05, 4.69) is 5.32 Å². The van der Waals surface area contributed by atoms with Crippen molar-refractivity contribution in [2.45, 2.75) is 25.3 Å². The van der Waals surface area contributed by atoms with Crippen LogP contribution in [0.4, 0.5) is 0 Å². The highest BCUT2D eigenvalue weighted by atomic mass is 32.2. The molecule has 7 nitrogen and oxygen atoms in total. The summed E-state index contributed by atoms with van der Waals surface area (Å²) in [6, 6.07) is 8.47. The zero-order valence-corrected chi connectivity index (χ0v) is 15.4. The number of amides is 2. The summed E-state index contributed by atoms with van der Waals surface area (Å²) in [7, 11) is 0. The molecular weight excluding hydrogens is 356 g/mol. The number of hydrogen-bond acceptors (Lipinski definition) is 6. The average Bonchev–Trinajstić information content (AvgIpc) is 2.63. The third kappa shape index (κ3) is 3.85. The van der Waals surface area contributed by atoms with Crippen molar-refractivity contribution in [2.75, 3.05) is 19.0 Å². The second-order valence-electron chi connectivity index (χ2n) is 6.03. The number of thioether (sulfide) groups is 1. The Morgan fingerprint density at radius 2 is 2.04 bits per heavy atom. The highest BCUT2D eigenvalue weighted by molar-refractivity contribution is 8.00. The van der Waals surface area contributed by atoms with Gasteiger partial charge in [0, 0.05) is 18.4 Å². The molecule has 2 amide bonds. The van der Waals surface area contributed by atoms with Gasteiger partial charge in [-0.1, -0.05) is 18.2 Å². The van der Waals surface area contributed by atoms with Crippen LogP contribution in [-0.4, -0.2) is 53.1 Å². The Morgan fingerprint density at radius 1 is 1.31 bits per heavy atom. The van der Waals surface area contributed by atoms with Crippen molar-refractivity contribution >= 4 is 29.5 Å². The molecule has 8 heteroatoms. The van der Waals surface area contributed by atoms with Gasteiger partial charge in [0.05, 0.1) is 0 Å². The Hall–Kier alpha value is -2.48. The number of fused-ring (bicyclic) bond motifs is 1. The molecule has 0 aliphatic carbocycles. The van der Waals surface area contributed by atoms with Crippen molar-refractivity contribution in [1.29, 1.82) is 0 Å². The summed E-state index contributed by atoms with van der Waals surface area (Å²) < 4.78 is 10.4. The molecule has 0 bridgehead atoms. The Morgan fingerprint density at radius 3 is 2.73 bits per heavy atom. The Balaban J connectivity index is 1.54. The summed E-state index contributed by atoms with van der Waals surface area (Å²) in [4.78, 5) is 37.1. The Bertz CT molecular complexity index is 749. The number of nitrogens with one attached hydrogen (secondary N) is 1. The first-order chi connectivity index (χ1) is 12.5. The molecule has 2 heterocycles. The number of nitrogens with zero attached hydrogens (tertiary/aromatic N) is 1. The standard InChI is InChI=1S/C18H20N2O5S/c1-11-13(8-24-12(2)21)10-26-18-16(17(23)20(11)18)19-15(22)9-25-14-6-4-3-5-7-14/h3-7,16,18H,8-10H2,1-2H3,(H,19,22). The summed E-state index contributed by atoms with van der Waals surface area (Å²) in [6.07, 6.45) is 0. The smallest absolute Gasteiger partial charge is 0.302 e. The second kappa shape index (κ2) is 7.82. The highest BCUT2D eigenvalue weighted by Gasteiger charge is 2.51. The molecule has 0 aromatic heterocycles. The molecule has 2 unspecified atom stereocenters. The molecule has 0 saturated carbocycles. The van der Waals surface area contributed by atoms with E-state index in [1.807, 2.05) is 25.1 Å². The summed E-state index contributed by atoms with van der Waals surface area (Å²) in [5, 5.41) is 2.60. The number of allylic oxidation sites excluding steroid dienone is 1. The van der Waals surface area contributed by atoms with Crippen molar-refractivity contribution in [3.63, 3.8) is 0 Å². The van der Waals surface area contributed by atoms with E-state index in [4.69, 9.17) is 9.47 Å². The van der Waals surface area contributed by atoms with E-state index in [0.717, 1.165) is 11.3 Å². The minimum atomic E-state index is -0.558. The van der Waals surface area contributed by atoms with Crippen molar-refractivity contribution in [3.05, 3.63) is 41.6 Å². The van der Waals surface area contributed by atoms with Crippen molar-refractivity contribution in [2.24, 2.45) is 0 Å². The molecular formula is C18H20N2O5S. The van der Waals surface area contributed by atoms with Crippen LogP contribution in [0.3, 0.4) is 0 Å². The molecule has 1 fully saturated rings. The molecule has 2 aliphatic rings. The second-order valence-corrected chi connectivity index (χ2v) is 7.13. The number of esters is 1. The molecule has 138 valence electrons. The maximum atomic E-state index is 12.4. The van der Waals surface area contributed by atoms with E-state index in [1.165, 1.54) is 6.92 Å². The number of para-hydroxylation sites is 1. The number of ether oxygens (including phenoxy) is 2. The van der Waals surface area contributed by atoms with Crippen LogP contribution in [0.1, 0.15) is 13.8 Å². The highest BCUT2D eigenvalue weighted by Crippen LogP contribution is 2.39. The zero-order chi connectivity index (χ0) is 18.7. The minimum absolute atomic E-state index is 0.135. The summed E-state index contributed by atoms with van der Waals surface area (Å²) in [5.41, 5.74) is 1.71. The lowest BCUT2D eigenvalue weighted by Gasteiger charge is -2.50. The van der Waals surface area contributed by atoms with Gasteiger partial charge in [-0.05, 0) is 24.6 Å². The molecule has 2 aliphatic heterocycles. The SMILES string of the molecule is CC(=O)OCC1=C(C)N2C(=O)C(NC(=O)COc3ccccc3)C2SC1. The van der Waals surface area contributed by atoms with E-state index in [9.17, 15) is 14.4 Å². The van der Waals surface area contributed by atoms with Gasteiger partial charge in [0.15, 0.2) is 6.61 Å². The fraction of sp³-hybridized carbons (Fsp3) is 0.389. The lowest BCUT2D eigenvalue weighted by molar-refractivity contribution is -0.146. The van der Waals surface area contributed by atoms with Gasteiger partial charge in [-0.3, -0.25) is 19.3 Å². The first kappa shape index (κ1) is 18.3. The fourth-order valence-electron chi connectivity index (χ4n) is 2.80. The lowest BCUT2D eigenvalue weighted by atomic mass is 10.0. The molecule has 3 rings (SSSR count). The fourth-order valence-corrected chi connectivity index (χ4v) is 4.25. The van der Waals surface area contributed by atoms with E-state index in [0.29, 0.717) is 11.5 Å². The van der Waals surface area contributed by atoms with Gasteiger partial charge < -0.3 is 14.8 Å². The van der Waals surface area contributed by atoms with Crippen LogP contribution < -0.4 is 10.1 Å². The quantitative estimate of drug-likeness (QED) is 0.595. The van der Waals surface area contributed by atoms with Crippen LogP contribution >= 0.6 is 11.8 Å². The van der Waals surface area contributed by atoms with E-state index in [1.54, 1.807) is 28.8 Å². The van der Waals surface area contributed by atoms with Gasteiger partial charge in [0.2, 0.25) is 0 Å². The predicted octanol–water partition coefficient (Wildman–Crippen LogP) is 1.30. The van der Waals surface area contributed by atoms with Crippen molar-refractivity contribution in [3.8, 4) is 5.75 Å². The summed E-state index contributed by atoms with van der Waals surface area (Å²) in [5.74, 6) is 0.411. The van der Waals surface area contributed by atoms with Crippen LogP contribution in [0, 0.1) is 0 Å². The molecule has 1 N–H and O–H groups in total. The van der Waals surface area contributed by atoms with Gasteiger partial charge >= 0.3 is 5.97 Å². The topological polar surface area (TPSA) is 84.9 Å². The predicted molar refractivity (Wildman–Crippen MR) is 96.3 cm³/mol. The summed E-state index contributed by atoms with van der Waals surface area (Å²) in [6.45, 7) is 3.23. The van der Waals surface area contributed by atoms with Gasteiger partial charge in [-0.15, -0.1) is 11.8 Å². The molecule has 1 aromatic rings. The van der Waals surface area contributed by atoms with Crippen LogP contribution in [0.25, 0.3) is 0 Å². The van der Waals surface area contributed by atoms with Crippen LogP contribution in [0.5, 0.6) is 5.75 Å². The number of rotatable bonds is 6. The normalized spacial score (nSPS) is 21.6. The number of carbonyl (C=O) groups is 3. The average molecular weight is 376 g/mol. The number of benzene rings is 1. The number of β-lactam (4-membered cyclic amide) rings is 1. The van der Waals surface area contributed by atoms with Crippen LogP contribution in [0.2, 0.25) is 0 Å². The zero-order valence-electron chi connectivity index (χ0n) is 14.6. The molecule has 0 radical (unpaired) electrons. The maximum Gasteiger partial charge on any atom is 0.302 e. The Kier molecular flexibility index (Phi) is 5.51. The monoisotopic (exact) mass is 376 g/mol. The van der Waals surface area contributed by atoms with Gasteiger partial charge in [-0.2, -0.15) is 0 Å². The molecule has 1 aromatic carbocycles. The third-order valence-electron chi connectivity index (χ3n) is 4.22. The molecule has 0 spiro atoms. The first-order valence-corrected chi connectivity index (χ1v) is 9.26. The maximum absolute atomic E-state index is 12.4. The van der Waals surface area contributed by atoms with Crippen molar-refractivity contribution < 1.29 is 23.9 Å². The van der Waals surface area contributed by atoms with Crippen LogP contribution in [-0.2, 0) is 19.1 Å². The summed E-state index contributed by atoms with van der Waals surface area (Å²) >= 11 is 1.55. The molecule has 26 heavy (non-hydrogen) atoms. The molecule has 2 atom stereocenters. The minimum Gasteiger partial charge on any atom is -0.484 e. The third-order valence-corrected chi connectivity index (χ3v) is 5.56. The Labute approximate surface area is 155 Å². The van der Waals surface area contributed by atoms with Gasteiger partial charge in [0.25, 0.3) is 11.8 Å². The largest absolute Gasteiger partial charge is 0.484 e. The lowest BCUT2D eigenvalue weighted by Crippen LogP contribution is -2.70. The van der Waals surface area contributed by atoms with Gasteiger partial charge in [-0.25, -0.2) is 0 Å². The van der Waals surface area contributed by atoms with Crippen molar-refractivity contribution in [1.82, 2.24) is 10.2 Å². The number of hydrogen-bond donors (Lipinski definition) is 1. The van der Waals surface area contributed by atoms with E-state index in [-0.39, 0.29) is 36.4 Å². The van der Waals surface area contributed by atoms with E-state index >= 15 is 0 Å². The van der Waals surface area contributed by atoms with Crippen LogP contribution in [0.15, 0.2) is 41.6 Å². The number of carbonyl (C=O) groups excluding carboxylic acids is 3. The van der Waals surface area contributed by atoms with Gasteiger partial charge in [0.1, 0.15) is 23.8 Å². The van der Waals surface area contributed by atoms with E-state index < -0.39 is 6.04 Å². The first-order valence-electron chi connectivity index (χ1n) is 8.21. The molecule has 1 saturated heterocycles.